The van der Waals surface area contributed by atoms with Crippen molar-refractivity contribution in [3.63, 3.8) is 0 Å². The van der Waals surface area contributed by atoms with Gasteiger partial charge in [-0.2, -0.15) is 0 Å². The Morgan fingerprint density at radius 3 is 2.62 bits per heavy atom. The van der Waals surface area contributed by atoms with Gasteiger partial charge in [-0.15, -0.1) is 24.0 Å². The second-order valence-electron chi connectivity index (χ2n) is 5.86. The lowest BCUT2D eigenvalue weighted by Gasteiger charge is -2.12. The van der Waals surface area contributed by atoms with Gasteiger partial charge in [-0.3, -0.25) is 0 Å². The summed E-state index contributed by atoms with van der Waals surface area (Å²) in [5.41, 5.74) is 3.30. The lowest BCUT2D eigenvalue weighted by molar-refractivity contribution is 0.406. The Hall–Kier alpha value is -1.96. The van der Waals surface area contributed by atoms with Crippen LogP contribution in [0.2, 0.25) is 0 Å². The number of halogens is 1. The van der Waals surface area contributed by atoms with Gasteiger partial charge in [-0.25, -0.2) is 4.99 Å². The highest BCUT2D eigenvalue weighted by Gasteiger charge is 2.04. The van der Waals surface area contributed by atoms with Crippen LogP contribution in [0.1, 0.15) is 23.6 Å². The van der Waals surface area contributed by atoms with Crippen molar-refractivity contribution in [2.45, 2.75) is 26.8 Å². The van der Waals surface area contributed by atoms with Crippen molar-refractivity contribution < 1.29 is 9.84 Å². The molecule has 142 valence electrons. The zero-order chi connectivity index (χ0) is 18.1. The summed E-state index contributed by atoms with van der Waals surface area (Å²) in [4.78, 5) is 4.62. The van der Waals surface area contributed by atoms with Gasteiger partial charge in [0.25, 0.3) is 0 Å². The van der Waals surface area contributed by atoms with Crippen LogP contribution >= 0.6 is 24.0 Å². The van der Waals surface area contributed by atoms with Crippen LogP contribution in [0.15, 0.2) is 47.5 Å². The maximum absolute atomic E-state index is 10.0. The molecule has 0 radical (unpaired) electrons. The summed E-state index contributed by atoms with van der Waals surface area (Å²) < 4.78 is 5.10. The van der Waals surface area contributed by atoms with Crippen LogP contribution in [0.3, 0.4) is 0 Å². The standard InChI is InChI=1S/C20H27N3O2.HI/c1-4-21-20(23-14-16-7-5-6-15(2)12-16)22-11-10-17-8-9-18(25-3)13-19(17)24;/h5-9,12-13,24H,4,10-11,14H2,1-3H3,(H2,21,22,23);1H. The van der Waals surface area contributed by atoms with E-state index in [4.69, 9.17) is 4.74 Å². The van der Waals surface area contributed by atoms with Crippen molar-refractivity contribution in [3.05, 3.63) is 59.2 Å². The molecule has 3 N–H and O–H groups in total. The molecule has 2 aromatic rings. The first-order valence-corrected chi connectivity index (χ1v) is 8.56. The topological polar surface area (TPSA) is 65.9 Å². The molecule has 5 nitrogen and oxygen atoms in total. The fourth-order valence-corrected chi connectivity index (χ4v) is 2.52. The minimum atomic E-state index is 0. The minimum Gasteiger partial charge on any atom is -0.508 e. The van der Waals surface area contributed by atoms with Crippen molar-refractivity contribution in [1.82, 2.24) is 10.6 Å². The van der Waals surface area contributed by atoms with Gasteiger partial charge in [-0.1, -0.05) is 35.9 Å². The Bertz CT molecular complexity index is 720. The Labute approximate surface area is 172 Å². The number of hydrogen-bond acceptors (Lipinski definition) is 3. The van der Waals surface area contributed by atoms with Crippen molar-refractivity contribution in [3.8, 4) is 11.5 Å². The molecule has 0 heterocycles. The SMILES string of the molecule is CCNC(=NCc1cccc(C)c1)NCCc1ccc(OC)cc1O.I. The van der Waals surface area contributed by atoms with Crippen LogP contribution in [0, 0.1) is 6.92 Å². The number of nitrogens with one attached hydrogen (secondary N) is 2. The summed E-state index contributed by atoms with van der Waals surface area (Å²) in [5, 5.41) is 16.6. The molecule has 0 aliphatic carbocycles. The van der Waals surface area contributed by atoms with Gasteiger partial charge >= 0.3 is 0 Å². The Morgan fingerprint density at radius 1 is 1.15 bits per heavy atom. The number of ether oxygens (including phenoxy) is 1. The number of benzene rings is 2. The number of aliphatic imine (C=N–C) groups is 1. The summed E-state index contributed by atoms with van der Waals surface area (Å²) in [5.74, 6) is 1.68. The van der Waals surface area contributed by atoms with Crippen LogP contribution in [0.4, 0.5) is 0 Å². The lowest BCUT2D eigenvalue weighted by atomic mass is 10.1. The van der Waals surface area contributed by atoms with Crippen LogP contribution in [-0.2, 0) is 13.0 Å². The van der Waals surface area contributed by atoms with E-state index in [1.54, 1.807) is 13.2 Å². The van der Waals surface area contributed by atoms with E-state index in [0.717, 1.165) is 18.1 Å². The van der Waals surface area contributed by atoms with E-state index in [0.29, 0.717) is 25.3 Å². The molecule has 0 amide bonds. The molecule has 0 aliphatic rings. The van der Waals surface area contributed by atoms with Crippen LogP contribution in [0.25, 0.3) is 0 Å². The molecule has 0 unspecified atom stereocenters. The van der Waals surface area contributed by atoms with Crippen molar-refractivity contribution in [2.75, 3.05) is 20.2 Å². The fourth-order valence-electron chi connectivity index (χ4n) is 2.52. The summed E-state index contributed by atoms with van der Waals surface area (Å²) in [6, 6.07) is 13.7. The molecule has 6 heteroatoms. The van der Waals surface area contributed by atoms with Crippen molar-refractivity contribution in [1.29, 1.82) is 0 Å². The van der Waals surface area contributed by atoms with E-state index in [2.05, 4.69) is 40.7 Å². The fraction of sp³-hybridized carbons (Fsp3) is 0.350. The van der Waals surface area contributed by atoms with Crippen molar-refractivity contribution in [2.24, 2.45) is 4.99 Å². The molecule has 0 saturated carbocycles. The summed E-state index contributed by atoms with van der Waals surface area (Å²) >= 11 is 0. The average molecular weight is 469 g/mol. The molecule has 0 aliphatic heterocycles. The Kier molecular flexibility index (Phi) is 9.87. The van der Waals surface area contributed by atoms with Gasteiger partial charge in [0, 0.05) is 19.2 Å². The van der Waals surface area contributed by atoms with Gasteiger partial charge in [0.1, 0.15) is 11.5 Å². The number of rotatable bonds is 7. The average Bonchev–Trinajstić information content (AvgIpc) is 2.61. The summed E-state index contributed by atoms with van der Waals surface area (Å²) in [6.45, 7) is 6.23. The van der Waals surface area contributed by atoms with E-state index < -0.39 is 0 Å². The molecule has 0 aromatic heterocycles. The van der Waals surface area contributed by atoms with Crippen LogP contribution in [-0.4, -0.2) is 31.3 Å². The summed E-state index contributed by atoms with van der Waals surface area (Å²) in [7, 11) is 1.59. The smallest absolute Gasteiger partial charge is 0.191 e. The Morgan fingerprint density at radius 2 is 1.96 bits per heavy atom. The number of methoxy groups -OCH3 is 1. The number of guanidine groups is 1. The quantitative estimate of drug-likeness (QED) is 0.329. The zero-order valence-corrected chi connectivity index (χ0v) is 17.9. The first-order chi connectivity index (χ1) is 12.1. The van der Waals surface area contributed by atoms with E-state index in [9.17, 15) is 5.11 Å². The number of phenols is 1. The number of hydrogen-bond donors (Lipinski definition) is 3. The molecular weight excluding hydrogens is 441 g/mol. The first kappa shape index (κ1) is 22.1. The van der Waals surface area contributed by atoms with Crippen LogP contribution < -0.4 is 15.4 Å². The van der Waals surface area contributed by atoms with Gasteiger partial charge < -0.3 is 20.5 Å². The molecule has 2 aromatic carbocycles. The van der Waals surface area contributed by atoms with E-state index >= 15 is 0 Å². The third kappa shape index (κ3) is 7.11. The predicted molar refractivity (Wildman–Crippen MR) is 118 cm³/mol. The number of phenolic OH excluding ortho intramolecular Hbond substituents is 1. The molecule has 26 heavy (non-hydrogen) atoms. The van der Waals surface area contributed by atoms with Gasteiger partial charge in [-0.05, 0) is 37.5 Å². The Balaban J connectivity index is 0.00000338. The molecule has 0 saturated heterocycles. The highest BCUT2D eigenvalue weighted by Crippen LogP contribution is 2.23. The lowest BCUT2D eigenvalue weighted by Crippen LogP contribution is -2.38. The maximum atomic E-state index is 10.0. The second-order valence-corrected chi connectivity index (χ2v) is 5.86. The molecular formula is C20H28IN3O2. The minimum absolute atomic E-state index is 0. The molecule has 0 spiro atoms. The number of aromatic hydroxyl groups is 1. The molecule has 0 atom stereocenters. The zero-order valence-electron chi connectivity index (χ0n) is 15.6. The number of nitrogens with zero attached hydrogens (tertiary/aromatic N) is 1. The van der Waals surface area contributed by atoms with Gasteiger partial charge in [0.15, 0.2) is 5.96 Å². The summed E-state index contributed by atoms with van der Waals surface area (Å²) in [6.07, 6.45) is 0.699. The monoisotopic (exact) mass is 469 g/mol. The highest BCUT2D eigenvalue weighted by molar-refractivity contribution is 14.0. The van der Waals surface area contributed by atoms with Crippen molar-refractivity contribution >= 4 is 29.9 Å². The van der Waals surface area contributed by atoms with Gasteiger partial charge in [0.05, 0.1) is 13.7 Å². The van der Waals surface area contributed by atoms with Crippen LogP contribution in [0.5, 0.6) is 11.5 Å². The second kappa shape index (κ2) is 11.6. The highest BCUT2D eigenvalue weighted by atomic mass is 127. The molecule has 0 bridgehead atoms. The molecule has 2 rings (SSSR count). The number of aryl methyl sites for hydroxylation is 1. The largest absolute Gasteiger partial charge is 0.508 e. The normalized spacial score (nSPS) is 10.8. The first-order valence-electron chi connectivity index (χ1n) is 8.56. The van der Waals surface area contributed by atoms with E-state index in [-0.39, 0.29) is 29.7 Å². The predicted octanol–water partition coefficient (Wildman–Crippen LogP) is 3.63. The third-order valence-corrected chi connectivity index (χ3v) is 3.83. The molecule has 0 fully saturated rings. The van der Waals surface area contributed by atoms with E-state index in [1.807, 2.05) is 25.1 Å². The van der Waals surface area contributed by atoms with Gasteiger partial charge in [0.2, 0.25) is 0 Å². The maximum Gasteiger partial charge on any atom is 0.191 e. The van der Waals surface area contributed by atoms with E-state index in [1.165, 1.54) is 11.1 Å². The third-order valence-electron chi connectivity index (χ3n) is 3.83.